The fourth-order valence-corrected chi connectivity index (χ4v) is 4.24. The van der Waals surface area contributed by atoms with E-state index >= 15 is 0 Å². The molecule has 1 aromatic rings. The number of carboxylic acid groups (broad SMARTS) is 1. The van der Waals surface area contributed by atoms with E-state index in [2.05, 4.69) is 15.6 Å². The SMILES string of the molecule is C[C@@]1(O)[C@H](O)[C@@H](CO)O[C@H]1n1ccc(NC(=O)OC[C@H](NC(=O)C2(N)CCCCC2)C(=O)O)nc1=O. The van der Waals surface area contributed by atoms with Crippen molar-refractivity contribution in [2.24, 2.45) is 5.73 Å². The van der Waals surface area contributed by atoms with E-state index < -0.39 is 72.5 Å². The Balaban J connectivity index is 1.59. The number of nitrogens with two attached hydrogens (primary N) is 1. The van der Waals surface area contributed by atoms with Gasteiger partial charge in [0.1, 0.15) is 30.2 Å². The van der Waals surface area contributed by atoms with Gasteiger partial charge in [0.05, 0.1) is 12.1 Å². The minimum absolute atomic E-state index is 0.253. The van der Waals surface area contributed by atoms with E-state index in [-0.39, 0.29) is 5.82 Å². The van der Waals surface area contributed by atoms with Crippen molar-refractivity contribution in [1.29, 1.82) is 0 Å². The Kier molecular flexibility index (Phi) is 8.30. The molecule has 0 unspecified atom stereocenters. The minimum atomic E-state index is -1.91. The number of amides is 2. The van der Waals surface area contributed by atoms with Crippen LogP contribution in [0.3, 0.4) is 0 Å². The van der Waals surface area contributed by atoms with Crippen molar-refractivity contribution in [3.05, 3.63) is 22.7 Å². The van der Waals surface area contributed by atoms with E-state index in [1.165, 1.54) is 13.0 Å². The van der Waals surface area contributed by atoms with Crippen LogP contribution in [0.1, 0.15) is 45.3 Å². The van der Waals surface area contributed by atoms with Crippen LogP contribution in [0.15, 0.2) is 17.1 Å². The van der Waals surface area contributed by atoms with Crippen LogP contribution in [0.4, 0.5) is 10.6 Å². The number of hydrogen-bond donors (Lipinski definition) is 7. The van der Waals surface area contributed by atoms with Gasteiger partial charge in [0, 0.05) is 6.20 Å². The Morgan fingerprint density at radius 3 is 2.56 bits per heavy atom. The van der Waals surface area contributed by atoms with E-state index in [4.69, 9.17) is 15.2 Å². The Hall–Kier alpha value is -3.11. The molecular formula is C21H31N5O10. The summed E-state index contributed by atoms with van der Waals surface area (Å²) in [6.07, 6.45) is -0.674. The molecule has 2 heterocycles. The molecule has 200 valence electrons. The number of hydrogen-bond acceptors (Lipinski definition) is 11. The number of rotatable bonds is 8. The third kappa shape index (κ3) is 5.82. The van der Waals surface area contributed by atoms with Gasteiger partial charge in [-0.15, -0.1) is 0 Å². The average Bonchev–Trinajstić information content (AvgIpc) is 3.05. The van der Waals surface area contributed by atoms with Crippen molar-refractivity contribution in [3.8, 4) is 0 Å². The molecule has 36 heavy (non-hydrogen) atoms. The molecule has 5 atom stereocenters. The number of ether oxygens (including phenoxy) is 2. The zero-order chi connectivity index (χ0) is 26.7. The number of carboxylic acids is 1. The monoisotopic (exact) mass is 513 g/mol. The molecule has 2 fully saturated rings. The molecule has 8 N–H and O–H groups in total. The topological polar surface area (TPSA) is 236 Å². The number of nitrogens with zero attached hydrogens (tertiary/aromatic N) is 2. The van der Waals surface area contributed by atoms with E-state index in [9.17, 15) is 39.6 Å². The minimum Gasteiger partial charge on any atom is -0.480 e. The second-order valence-corrected chi connectivity index (χ2v) is 9.19. The fourth-order valence-electron chi connectivity index (χ4n) is 4.24. The van der Waals surface area contributed by atoms with E-state index in [0.717, 1.165) is 30.0 Å². The van der Waals surface area contributed by atoms with E-state index in [1.807, 2.05) is 0 Å². The lowest BCUT2D eigenvalue weighted by Gasteiger charge is -2.32. The van der Waals surface area contributed by atoms with Crippen molar-refractivity contribution in [2.45, 2.75) is 74.6 Å². The lowest BCUT2D eigenvalue weighted by molar-refractivity contribution is -0.144. The van der Waals surface area contributed by atoms with Gasteiger partial charge in [-0.1, -0.05) is 19.3 Å². The summed E-state index contributed by atoms with van der Waals surface area (Å²) in [7, 11) is 0. The maximum Gasteiger partial charge on any atom is 0.412 e. The molecule has 15 nitrogen and oxygen atoms in total. The van der Waals surface area contributed by atoms with Crippen LogP contribution >= 0.6 is 0 Å². The zero-order valence-corrected chi connectivity index (χ0v) is 19.6. The lowest BCUT2D eigenvalue weighted by atomic mass is 9.82. The third-order valence-electron chi connectivity index (χ3n) is 6.43. The fraction of sp³-hybridized carbons (Fsp3) is 0.667. The summed E-state index contributed by atoms with van der Waals surface area (Å²) in [5, 5.41) is 43.7. The first-order valence-electron chi connectivity index (χ1n) is 11.4. The smallest absolute Gasteiger partial charge is 0.412 e. The summed E-state index contributed by atoms with van der Waals surface area (Å²) in [5.41, 5.74) is 2.06. The number of carbonyl (C=O) groups is 3. The summed E-state index contributed by atoms with van der Waals surface area (Å²) in [6, 6.07) is -0.363. The second-order valence-electron chi connectivity index (χ2n) is 9.19. The molecule has 0 radical (unpaired) electrons. The van der Waals surface area contributed by atoms with Crippen LogP contribution in [0.2, 0.25) is 0 Å². The molecule has 0 bridgehead atoms. The number of nitrogens with one attached hydrogen (secondary N) is 2. The zero-order valence-electron chi connectivity index (χ0n) is 19.6. The Labute approximate surface area is 205 Å². The third-order valence-corrected chi connectivity index (χ3v) is 6.43. The van der Waals surface area contributed by atoms with Gasteiger partial charge in [0.25, 0.3) is 0 Å². The number of anilines is 1. The standard InChI is InChI=1S/C21H31N5O10/c1-20(34)14(28)12(9-27)36-17(20)26-8-5-13(24-18(26)32)25-19(33)35-10-11(15(29)30)23-16(31)21(22)6-3-2-4-7-21/h5,8,11-12,14,17,27-28,34H,2-4,6-7,9-10,22H2,1H3,(H,23,31)(H,29,30)(H,24,25,32,33)/t11-,12+,14+,17+,20+/m0/s1. The van der Waals surface area contributed by atoms with Crippen molar-refractivity contribution in [1.82, 2.24) is 14.9 Å². The Bertz CT molecular complexity index is 1040. The first kappa shape index (κ1) is 27.5. The number of aliphatic carboxylic acids is 1. The van der Waals surface area contributed by atoms with Crippen molar-refractivity contribution in [3.63, 3.8) is 0 Å². The maximum atomic E-state index is 12.5. The molecule has 2 amide bonds. The van der Waals surface area contributed by atoms with Gasteiger partial charge in [-0.25, -0.2) is 14.4 Å². The van der Waals surface area contributed by atoms with Crippen LogP contribution in [0.5, 0.6) is 0 Å². The first-order valence-corrected chi connectivity index (χ1v) is 11.4. The highest BCUT2D eigenvalue weighted by Crippen LogP contribution is 2.37. The van der Waals surface area contributed by atoms with Crippen molar-refractivity contribution >= 4 is 23.8 Å². The summed E-state index contributed by atoms with van der Waals surface area (Å²) >= 11 is 0. The summed E-state index contributed by atoms with van der Waals surface area (Å²) < 4.78 is 11.1. The highest BCUT2D eigenvalue weighted by Gasteiger charge is 2.53. The van der Waals surface area contributed by atoms with Crippen LogP contribution in [0, 0.1) is 0 Å². The number of aliphatic hydroxyl groups excluding tert-OH is 2. The molecule has 0 aromatic carbocycles. The predicted molar refractivity (Wildman–Crippen MR) is 121 cm³/mol. The van der Waals surface area contributed by atoms with Gasteiger partial charge in [-0.2, -0.15) is 4.98 Å². The van der Waals surface area contributed by atoms with Crippen LogP contribution in [-0.2, 0) is 19.1 Å². The van der Waals surface area contributed by atoms with Gasteiger partial charge < -0.3 is 41.0 Å². The normalized spacial score (nSPS) is 28.2. The number of aromatic nitrogens is 2. The maximum absolute atomic E-state index is 12.5. The molecule has 1 aliphatic carbocycles. The molecule has 2 aliphatic rings. The largest absolute Gasteiger partial charge is 0.480 e. The van der Waals surface area contributed by atoms with Gasteiger partial charge in [-0.05, 0) is 25.8 Å². The molecule has 1 saturated carbocycles. The second kappa shape index (κ2) is 10.9. The molecule has 1 aromatic heterocycles. The van der Waals surface area contributed by atoms with Crippen molar-refractivity contribution < 1.29 is 44.3 Å². The number of aliphatic hydroxyl groups is 3. The molecule has 15 heteroatoms. The Morgan fingerprint density at radius 1 is 1.33 bits per heavy atom. The molecule has 3 rings (SSSR count). The molecular weight excluding hydrogens is 482 g/mol. The predicted octanol–water partition coefficient (Wildman–Crippen LogP) is -1.98. The Morgan fingerprint density at radius 2 is 2.00 bits per heavy atom. The quantitative estimate of drug-likeness (QED) is 0.200. The summed E-state index contributed by atoms with van der Waals surface area (Å²) in [6.45, 7) is -0.0722. The van der Waals surface area contributed by atoms with Gasteiger partial charge in [0.15, 0.2) is 12.3 Å². The average molecular weight is 514 g/mol. The van der Waals surface area contributed by atoms with Gasteiger partial charge in [-0.3, -0.25) is 14.7 Å². The van der Waals surface area contributed by atoms with Crippen molar-refractivity contribution in [2.75, 3.05) is 18.5 Å². The highest BCUT2D eigenvalue weighted by atomic mass is 16.6. The first-order chi connectivity index (χ1) is 16.9. The van der Waals surface area contributed by atoms with Gasteiger partial charge in [0.2, 0.25) is 5.91 Å². The molecule has 1 saturated heterocycles. The van der Waals surface area contributed by atoms with Crippen LogP contribution in [0.25, 0.3) is 0 Å². The van der Waals surface area contributed by atoms with E-state index in [0.29, 0.717) is 12.8 Å². The summed E-state index contributed by atoms with van der Waals surface area (Å²) in [5.74, 6) is -2.32. The highest BCUT2D eigenvalue weighted by molar-refractivity contribution is 5.90. The lowest BCUT2D eigenvalue weighted by Crippen LogP contribution is -2.59. The van der Waals surface area contributed by atoms with E-state index in [1.54, 1.807) is 0 Å². The summed E-state index contributed by atoms with van der Waals surface area (Å²) in [4.78, 5) is 52.2. The number of carbonyl (C=O) groups excluding carboxylic acids is 2. The van der Waals surface area contributed by atoms with Crippen LogP contribution < -0.4 is 22.1 Å². The molecule has 1 aliphatic heterocycles. The van der Waals surface area contributed by atoms with Gasteiger partial charge >= 0.3 is 17.8 Å². The van der Waals surface area contributed by atoms with Crippen LogP contribution in [-0.4, -0.2) is 90.6 Å². The molecule has 0 spiro atoms.